The van der Waals surface area contributed by atoms with Crippen LogP contribution in [-0.2, 0) is 4.79 Å². The molecule has 1 fully saturated rings. The Morgan fingerprint density at radius 2 is 2.07 bits per heavy atom. The lowest BCUT2D eigenvalue weighted by atomic mass is 9.86. The van der Waals surface area contributed by atoms with E-state index < -0.39 is 5.60 Å². The lowest BCUT2D eigenvalue weighted by molar-refractivity contribution is -0.119. The number of rotatable bonds is 4. The van der Waals surface area contributed by atoms with Crippen LogP contribution in [-0.4, -0.2) is 34.7 Å². The number of aliphatic hydroxyl groups is 1. The van der Waals surface area contributed by atoms with E-state index in [9.17, 15) is 9.90 Å². The summed E-state index contributed by atoms with van der Waals surface area (Å²) in [4.78, 5) is 11.0. The molecule has 0 aromatic heterocycles. The second-order valence-corrected chi connectivity index (χ2v) is 5.37. The van der Waals surface area contributed by atoms with E-state index in [4.69, 9.17) is 0 Å². The third-order valence-electron chi connectivity index (χ3n) is 3.40. The molecule has 15 heavy (non-hydrogen) atoms. The van der Waals surface area contributed by atoms with Crippen molar-refractivity contribution in [2.24, 2.45) is 0 Å². The van der Waals surface area contributed by atoms with Crippen molar-refractivity contribution in [1.29, 1.82) is 0 Å². The van der Waals surface area contributed by atoms with Crippen LogP contribution in [0, 0.1) is 0 Å². The summed E-state index contributed by atoms with van der Waals surface area (Å²) in [6, 6.07) is 0.208. The van der Waals surface area contributed by atoms with Gasteiger partial charge in [-0.15, -0.1) is 0 Å². The van der Waals surface area contributed by atoms with Crippen molar-refractivity contribution in [3.63, 3.8) is 0 Å². The van der Waals surface area contributed by atoms with E-state index >= 15 is 0 Å². The molecule has 1 aliphatic rings. The minimum Gasteiger partial charge on any atom is -0.389 e. The molecule has 88 valence electrons. The fourth-order valence-electron chi connectivity index (χ4n) is 1.43. The van der Waals surface area contributed by atoms with E-state index in [1.165, 1.54) is 0 Å². The minimum atomic E-state index is -0.782. The smallest absolute Gasteiger partial charge is 0.220 e. The van der Waals surface area contributed by atoms with Crippen molar-refractivity contribution in [2.45, 2.75) is 57.7 Å². The summed E-state index contributed by atoms with van der Waals surface area (Å²) in [6.45, 7) is 8.21. The second-order valence-electron chi connectivity index (χ2n) is 5.37. The normalized spacial score (nSPS) is 23.0. The van der Waals surface area contributed by atoms with Crippen molar-refractivity contribution in [3.05, 3.63) is 0 Å². The predicted octanol–water partition coefficient (Wildman–Crippen LogP) is 0.404. The monoisotopic (exact) mass is 214 g/mol. The van der Waals surface area contributed by atoms with Gasteiger partial charge in [0.05, 0.1) is 5.60 Å². The number of hydrogen-bond donors (Lipinski definition) is 3. The molecule has 1 saturated heterocycles. The quantitative estimate of drug-likeness (QED) is 0.635. The Morgan fingerprint density at radius 3 is 2.47 bits per heavy atom. The van der Waals surface area contributed by atoms with Gasteiger partial charge in [-0.1, -0.05) is 0 Å². The van der Waals surface area contributed by atoms with Crippen LogP contribution in [0.3, 0.4) is 0 Å². The molecule has 1 amide bonds. The van der Waals surface area contributed by atoms with Gasteiger partial charge in [0.15, 0.2) is 0 Å². The zero-order valence-corrected chi connectivity index (χ0v) is 10.1. The van der Waals surface area contributed by atoms with Crippen LogP contribution in [0.4, 0.5) is 0 Å². The van der Waals surface area contributed by atoms with Gasteiger partial charge in [0, 0.05) is 24.5 Å². The van der Waals surface area contributed by atoms with Crippen LogP contribution in [0.15, 0.2) is 0 Å². The molecule has 0 saturated carbocycles. The zero-order valence-electron chi connectivity index (χ0n) is 10.1. The highest BCUT2D eigenvalue weighted by Gasteiger charge is 2.35. The van der Waals surface area contributed by atoms with Crippen molar-refractivity contribution in [1.82, 2.24) is 10.6 Å². The summed E-state index contributed by atoms with van der Waals surface area (Å²) in [6.07, 6.45) is 1.50. The summed E-state index contributed by atoms with van der Waals surface area (Å²) < 4.78 is 0. The van der Waals surface area contributed by atoms with Crippen molar-refractivity contribution >= 4 is 5.91 Å². The summed E-state index contributed by atoms with van der Waals surface area (Å²) in [7, 11) is 0. The maximum absolute atomic E-state index is 11.0. The number of carbonyl (C=O) groups excluding carboxylic acids is 1. The highest BCUT2D eigenvalue weighted by atomic mass is 16.3. The third-order valence-corrected chi connectivity index (χ3v) is 3.40. The number of carbonyl (C=O) groups is 1. The number of nitrogens with one attached hydrogen (secondary N) is 2. The maximum Gasteiger partial charge on any atom is 0.220 e. The Kier molecular flexibility index (Phi) is 3.41. The predicted molar refractivity (Wildman–Crippen MR) is 59.5 cm³/mol. The van der Waals surface area contributed by atoms with Crippen molar-refractivity contribution in [3.8, 4) is 0 Å². The summed E-state index contributed by atoms with van der Waals surface area (Å²) >= 11 is 0. The first-order valence-corrected chi connectivity index (χ1v) is 5.49. The molecule has 4 nitrogen and oxygen atoms in total. The first-order chi connectivity index (χ1) is 6.72. The molecule has 1 heterocycles. The topological polar surface area (TPSA) is 61.4 Å². The van der Waals surface area contributed by atoms with Crippen LogP contribution >= 0.6 is 0 Å². The number of amides is 1. The van der Waals surface area contributed by atoms with Crippen molar-refractivity contribution in [2.75, 3.05) is 6.54 Å². The van der Waals surface area contributed by atoms with Crippen LogP contribution in [0.25, 0.3) is 0 Å². The molecule has 3 N–H and O–H groups in total. The third kappa shape index (κ3) is 3.18. The second kappa shape index (κ2) is 4.10. The molecule has 4 heteroatoms. The minimum absolute atomic E-state index is 0.128. The lowest BCUT2D eigenvalue weighted by Crippen LogP contribution is -2.58. The van der Waals surface area contributed by atoms with Gasteiger partial charge in [-0.25, -0.2) is 0 Å². The molecule has 1 atom stereocenters. The van der Waals surface area contributed by atoms with Gasteiger partial charge in [0.1, 0.15) is 0 Å². The van der Waals surface area contributed by atoms with Gasteiger partial charge >= 0.3 is 0 Å². The van der Waals surface area contributed by atoms with Gasteiger partial charge in [-0.05, 0) is 34.1 Å². The molecule has 0 aliphatic carbocycles. The summed E-state index contributed by atoms with van der Waals surface area (Å²) in [5.41, 5.74) is -1.14. The molecule has 1 unspecified atom stereocenters. The van der Waals surface area contributed by atoms with E-state index in [1.807, 2.05) is 13.8 Å². The lowest BCUT2D eigenvalue weighted by Gasteiger charge is -2.39. The fraction of sp³-hybridized carbons (Fsp3) is 0.909. The number of hydrogen-bond acceptors (Lipinski definition) is 3. The average Bonchev–Trinajstić information content (AvgIpc) is 2.46. The van der Waals surface area contributed by atoms with E-state index in [0.29, 0.717) is 13.0 Å². The van der Waals surface area contributed by atoms with E-state index in [0.717, 1.165) is 6.42 Å². The Morgan fingerprint density at radius 1 is 1.47 bits per heavy atom. The SMILES string of the molecule is CC(C)(O)C(C)(C)NCC1CCC(=O)N1. The van der Waals surface area contributed by atoms with Crippen LogP contribution < -0.4 is 10.6 Å². The molecule has 0 radical (unpaired) electrons. The fourth-order valence-corrected chi connectivity index (χ4v) is 1.43. The largest absolute Gasteiger partial charge is 0.389 e. The molecule has 0 aromatic rings. The molecule has 1 rings (SSSR count). The van der Waals surface area contributed by atoms with Gasteiger partial charge in [-0.3, -0.25) is 4.79 Å². The van der Waals surface area contributed by atoms with Gasteiger partial charge in [0.25, 0.3) is 0 Å². The molecular weight excluding hydrogens is 192 g/mol. The van der Waals surface area contributed by atoms with Crippen molar-refractivity contribution < 1.29 is 9.90 Å². The van der Waals surface area contributed by atoms with E-state index in [-0.39, 0.29) is 17.5 Å². The van der Waals surface area contributed by atoms with E-state index in [2.05, 4.69) is 10.6 Å². The maximum atomic E-state index is 11.0. The van der Waals surface area contributed by atoms with Crippen LogP contribution in [0.1, 0.15) is 40.5 Å². The standard InChI is InChI=1S/C11H22N2O2/c1-10(2,11(3,4)15)12-7-8-5-6-9(14)13-8/h8,12,15H,5-7H2,1-4H3,(H,13,14). The Hall–Kier alpha value is -0.610. The molecule has 0 bridgehead atoms. The van der Waals surface area contributed by atoms with Crippen LogP contribution in [0.2, 0.25) is 0 Å². The Balaban J connectivity index is 2.40. The van der Waals surface area contributed by atoms with Crippen LogP contribution in [0.5, 0.6) is 0 Å². The first-order valence-electron chi connectivity index (χ1n) is 5.49. The van der Waals surface area contributed by atoms with Gasteiger partial charge < -0.3 is 15.7 Å². The molecule has 0 spiro atoms. The summed E-state index contributed by atoms with van der Waals surface area (Å²) in [5.74, 6) is 0.128. The summed E-state index contributed by atoms with van der Waals surface area (Å²) in [5, 5.41) is 16.1. The highest BCUT2D eigenvalue weighted by Crippen LogP contribution is 2.20. The Bertz CT molecular complexity index is 243. The Labute approximate surface area is 91.4 Å². The van der Waals surface area contributed by atoms with Gasteiger partial charge in [0.2, 0.25) is 5.91 Å². The molecule has 0 aromatic carbocycles. The van der Waals surface area contributed by atoms with Gasteiger partial charge in [-0.2, -0.15) is 0 Å². The highest BCUT2D eigenvalue weighted by molar-refractivity contribution is 5.78. The molecular formula is C11H22N2O2. The zero-order chi connectivity index (χ0) is 11.7. The average molecular weight is 214 g/mol. The first kappa shape index (κ1) is 12.5. The molecule has 1 aliphatic heterocycles. The van der Waals surface area contributed by atoms with E-state index in [1.54, 1.807) is 13.8 Å².